The number of aromatic amines is 1. The molecule has 0 fully saturated rings. The zero-order valence-electron chi connectivity index (χ0n) is 13.2. The third-order valence-electron chi connectivity index (χ3n) is 4.11. The minimum atomic E-state index is 0.0398. The number of H-pyrrole nitrogens is 1. The molecule has 4 heteroatoms. The molecule has 1 aromatic carbocycles. The molecule has 2 aromatic rings. The quantitative estimate of drug-likeness (QED) is 0.875. The van der Waals surface area contributed by atoms with E-state index < -0.39 is 0 Å². The van der Waals surface area contributed by atoms with Gasteiger partial charge in [-0.3, -0.25) is 9.89 Å². The van der Waals surface area contributed by atoms with Crippen LogP contribution in [-0.2, 0) is 17.8 Å². The highest BCUT2D eigenvalue weighted by Crippen LogP contribution is 2.30. The van der Waals surface area contributed by atoms with Gasteiger partial charge in [-0.05, 0) is 29.0 Å². The fraction of sp³-hybridized carbons (Fsp3) is 0.529. The average molecular weight is 285 g/mol. The number of nitrogens with one attached hydrogen (secondary N) is 1. The van der Waals surface area contributed by atoms with Crippen LogP contribution in [0.5, 0.6) is 0 Å². The molecule has 1 N–H and O–H groups in total. The number of carbonyl (C=O) groups is 1. The molecule has 1 aliphatic heterocycles. The van der Waals surface area contributed by atoms with Crippen molar-refractivity contribution in [1.29, 1.82) is 0 Å². The Morgan fingerprint density at radius 2 is 2.14 bits per heavy atom. The first-order chi connectivity index (χ1) is 9.85. The molecule has 0 saturated heterocycles. The molecule has 0 unspecified atom stereocenters. The van der Waals surface area contributed by atoms with E-state index in [-0.39, 0.29) is 17.2 Å². The molecule has 21 heavy (non-hydrogen) atoms. The first-order valence-electron chi connectivity index (χ1n) is 7.58. The van der Waals surface area contributed by atoms with Crippen LogP contribution in [0, 0.1) is 11.3 Å². The molecule has 0 aliphatic carbocycles. The average Bonchev–Trinajstić information content (AvgIpc) is 2.82. The molecule has 0 saturated carbocycles. The highest BCUT2D eigenvalue weighted by atomic mass is 16.2. The van der Waals surface area contributed by atoms with Gasteiger partial charge in [0.25, 0.3) is 0 Å². The fourth-order valence-electron chi connectivity index (χ4n) is 3.20. The first-order valence-corrected chi connectivity index (χ1v) is 7.58. The Kier molecular flexibility index (Phi) is 3.27. The monoisotopic (exact) mass is 285 g/mol. The molecular weight excluding hydrogens is 262 g/mol. The molecule has 3 rings (SSSR count). The van der Waals surface area contributed by atoms with E-state index in [0.717, 1.165) is 23.9 Å². The van der Waals surface area contributed by atoms with Crippen molar-refractivity contribution in [3.05, 3.63) is 29.5 Å². The van der Waals surface area contributed by atoms with E-state index in [1.807, 2.05) is 18.0 Å². The number of carbonyl (C=O) groups excluding carboxylic acids is 1. The van der Waals surface area contributed by atoms with Crippen molar-refractivity contribution in [1.82, 2.24) is 15.1 Å². The Hall–Kier alpha value is -1.84. The van der Waals surface area contributed by atoms with Crippen molar-refractivity contribution >= 4 is 16.8 Å². The van der Waals surface area contributed by atoms with Crippen molar-refractivity contribution in [2.45, 2.75) is 40.7 Å². The fourth-order valence-corrected chi connectivity index (χ4v) is 3.20. The second-order valence-corrected chi connectivity index (χ2v) is 7.39. The lowest BCUT2D eigenvalue weighted by Crippen LogP contribution is -2.39. The van der Waals surface area contributed by atoms with Crippen LogP contribution in [0.25, 0.3) is 10.9 Å². The summed E-state index contributed by atoms with van der Waals surface area (Å²) in [5.74, 6) is 0.302. The van der Waals surface area contributed by atoms with Gasteiger partial charge in [-0.25, -0.2) is 0 Å². The van der Waals surface area contributed by atoms with Gasteiger partial charge in [-0.15, -0.1) is 0 Å². The summed E-state index contributed by atoms with van der Waals surface area (Å²) in [6, 6.07) is 4.21. The van der Waals surface area contributed by atoms with Crippen LogP contribution < -0.4 is 0 Å². The zero-order valence-corrected chi connectivity index (χ0v) is 13.2. The van der Waals surface area contributed by atoms with Gasteiger partial charge in [0.1, 0.15) is 0 Å². The van der Waals surface area contributed by atoms with E-state index in [1.165, 1.54) is 11.1 Å². The van der Waals surface area contributed by atoms with Gasteiger partial charge in [-0.2, -0.15) is 5.10 Å². The van der Waals surface area contributed by atoms with Crippen molar-refractivity contribution in [2.24, 2.45) is 11.3 Å². The normalized spacial score (nSPS) is 19.7. The Balaban J connectivity index is 2.06. The molecule has 1 aliphatic rings. The van der Waals surface area contributed by atoms with Crippen molar-refractivity contribution in [2.75, 3.05) is 6.54 Å². The minimum Gasteiger partial charge on any atom is -0.338 e. The van der Waals surface area contributed by atoms with E-state index in [1.54, 1.807) is 0 Å². The number of nitrogens with zero attached hydrogens (tertiary/aromatic N) is 2. The summed E-state index contributed by atoms with van der Waals surface area (Å²) in [7, 11) is 0. The standard InChI is InChI=1S/C17H23N3O/c1-11-7-12-5-6-15-13(8-18-19-15)14(12)9-20(16(11)21)10-17(2,3)4/h5-6,8,11H,7,9-10H2,1-4H3,(H,18,19)/t11-/m1/s1. The second kappa shape index (κ2) is 4.86. The third-order valence-corrected chi connectivity index (χ3v) is 4.11. The Bertz CT molecular complexity index is 681. The summed E-state index contributed by atoms with van der Waals surface area (Å²) >= 11 is 0. The van der Waals surface area contributed by atoms with E-state index in [4.69, 9.17) is 0 Å². The smallest absolute Gasteiger partial charge is 0.226 e. The van der Waals surface area contributed by atoms with Crippen LogP contribution in [0.3, 0.4) is 0 Å². The number of hydrogen-bond donors (Lipinski definition) is 1. The predicted molar refractivity (Wildman–Crippen MR) is 83.8 cm³/mol. The number of aromatic nitrogens is 2. The second-order valence-electron chi connectivity index (χ2n) is 7.39. The van der Waals surface area contributed by atoms with Gasteiger partial charge in [0.15, 0.2) is 0 Å². The first kappa shape index (κ1) is 14.1. The van der Waals surface area contributed by atoms with Crippen molar-refractivity contribution < 1.29 is 4.79 Å². The van der Waals surface area contributed by atoms with Gasteiger partial charge in [-0.1, -0.05) is 33.8 Å². The minimum absolute atomic E-state index is 0.0398. The van der Waals surface area contributed by atoms with E-state index >= 15 is 0 Å². The molecule has 1 amide bonds. The maximum Gasteiger partial charge on any atom is 0.226 e. The topological polar surface area (TPSA) is 49.0 Å². The number of benzene rings is 1. The van der Waals surface area contributed by atoms with E-state index in [9.17, 15) is 4.79 Å². The van der Waals surface area contributed by atoms with Gasteiger partial charge >= 0.3 is 0 Å². The van der Waals surface area contributed by atoms with Gasteiger partial charge in [0.2, 0.25) is 5.91 Å². The van der Waals surface area contributed by atoms with Crippen LogP contribution in [0.15, 0.2) is 18.3 Å². The van der Waals surface area contributed by atoms with Crippen LogP contribution in [0.1, 0.15) is 38.8 Å². The molecular formula is C17H23N3O. The predicted octanol–water partition coefficient (Wildman–Crippen LogP) is 3.13. The maximum absolute atomic E-state index is 12.7. The van der Waals surface area contributed by atoms with E-state index in [2.05, 4.69) is 43.1 Å². The third kappa shape index (κ3) is 2.67. The molecule has 1 aromatic heterocycles. The van der Waals surface area contributed by atoms with Crippen molar-refractivity contribution in [3.63, 3.8) is 0 Å². The summed E-state index contributed by atoms with van der Waals surface area (Å²) in [5, 5.41) is 8.32. The highest BCUT2D eigenvalue weighted by Gasteiger charge is 2.30. The van der Waals surface area contributed by atoms with Crippen LogP contribution in [0.4, 0.5) is 0 Å². The van der Waals surface area contributed by atoms with Crippen LogP contribution in [-0.4, -0.2) is 27.5 Å². The van der Waals surface area contributed by atoms with E-state index in [0.29, 0.717) is 6.54 Å². The summed E-state index contributed by atoms with van der Waals surface area (Å²) in [6.07, 6.45) is 2.69. The number of hydrogen-bond acceptors (Lipinski definition) is 2. The molecule has 4 nitrogen and oxygen atoms in total. The summed E-state index contributed by atoms with van der Waals surface area (Å²) in [6.45, 7) is 10.0. The lowest BCUT2D eigenvalue weighted by Gasteiger charge is -2.30. The summed E-state index contributed by atoms with van der Waals surface area (Å²) in [5.41, 5.74) is 3.68. The Morgan fingerprint density at radius 3 is 2.86 bits per heavy atom. The SMILES string of the molecule is C[C@@H]1Cc2ccc3[nH]ncc3c2CN(CC(C)(C)C)C1=O. The lowest BCUT2D eigenvalue weighted by molar-refractivity contribution is -0.136. The zero-order chi connectivity index (χ0) is 15.2. The molecule has 0 spiro atoms. The highest BCUT2D eigenvalue weighted by molar-refractivity contribution is 5.86. The van der Waals surface area contributed by atoms with Crippen LogP contribution >= 0.6 is 0 Å². The number of fused-ring (bicyclic) bond motifs is 3. The summed E-state index contributed by atoms with van der Waals surface area (Å²) in [4.78, 5) is 14.7. The maximum atomic E-state index is 12.7. The Morgan fingerprint density at radius 1 is 1.38 bits per heavy atom. The molecule has 0 bridgehead atoms. The van der Waals surface area contributed by atoms with Gasteiger partial charge < -0.3 is 4.90 Å². The van der Waals surface area contributed by atoms with Crippen LogP contribution in [0.2, 0.25) is 0 Å². The number of rotatable bonds is 1. The summed E-state index contributed by atoms with van der Waals surface area (Å²) < 4.78 is 0. The Labute approximate surface area is 125 Å². The van der Waals surface area contributed by atoms with Crippen molar-refractivity contribution in [3.8, 4) is 0 Å². The molecule has 0 radical (unpaired) electrons. The van der Waals surface area contributed by atoms with Gasteiger partial charge in [0.05, 0.1) is 11.7 Å². The number of amides is 1. The molecule has 112 valence electrons. The lowest BCUT2D eigenvalue weighted by atomic mass is 9.95. The molecule has 2 heterocycles. The largest absolute Gasteiger partial charge is 0.338 e. The molecule has 1 atom stereocenters. The van der Waals surface area contributed by atoms with Gasteiger partial charge in [0, 0.05) is 24.4 Å².